The molecule has 6 heteroatoms. The van der Waals surface area contributed by atoms with E-state index in [4.69, 9.17) is 0 Å². The third-order valence-electron chi connectivity index (χ3n) is 2.81. The van der Waals surface area contributed by atoms with E-state index in [1.807, 2.05) is 30.3 Å². The smallest absolute Gasteiger partial charge is 0.246 e. The maximum absolute atomic E-state index is 12.1. The van der Waals surface area contributed by atoms with Crippen LogP contribution in [0.15, 0.2) is 59.5 Å². The molecule has 2 aromatic carbocycles. The summed E-state index contributed by atoms with van der Waals surface area (Å²) in [7, 11) is -3.47. The first-order valence-corrected chi connectivity index (χ1v) is 7.52. The topological polar surface area (TPSA) is 73.8 Å². The van der Waals surface area contributed by atoms with Gasteiger partial charge in [-0.3, -0.25) is 0 Å². The molecule has 108 valence electrons. The van der Waals surface area contributed by atoms with Gasteiger partial charge in [-0.25, -0.2) is 13.1 Å². The highest BCUT2D eigenvalue weighted by molar-refractivity contribution is 7.89. The zero-order chi connectivity index (χ0) is 13.7. The van der Waals surface area contributed by atoms with Crippen LogP contribution in [0.4, 0.5) is 5.69 Å². The Labute approximate surface area is 125 Å². The Morgan fingerprint density at radius 1 is 0.950 bits per heavy atom. The molecule has 0 saturated carbocycles. The van der Waals surface area contributed by atoms with E-state index < -0.39 is 10.0 Å². The molecule has 20 heavy (non-hydrogen) atoms. The molecule has 2 aromatic rings. The molecule has 0 atom stereocenters. The SMILES string of the molecule is [Cl-].[NH3+]c1ccccc1S(=O)(=O)NCCc1ccccc1. The molecule has 0 amide bonds. The average Bonchev–Trinajstić information content (AvgIpc) is 2.40. The number of sulfonamides is 1. The molecule has 0 aromatic heterocycles. The fourth-order valence-electron chi connectivity index (χ4n) is 1.82. The van der Waals surface area contributed by atoms with Gasteiger partial charge in [-0.05, 0) is 18.1 Å². The number of hydrogen-bond acceptors (Lipinski definition) is 2. The summed E-state index contributed by atoms with van der Waals surface area (Å²) in [6.07, 6.45) is 0.666. The van der Waals surface area contributed by atoms with Crippen LogP contribution in [-0.2, 0) is 16.4 Å². The van der Waals surface area contributed by atoms with E-state index in [0.29, 0.717) is 18.7 Å². The molecule has 2 rings (SSSR count). The molecule has 0 spiro atoms. The average molecular weight is 313 g/mol. The highest BCUT2D eigenvalue weighted by atomic mass is 35.5. The van der Waals surface area contributed by atoms with Gasteiger partial charge >= 0.3 is 0 Å². The fourth-order valence-corrected chi connectivity index (χ4v) is 3.02. The molecule has 0 aliphatic rings. The second-order valence-electron chi connectivity index (χ2n) is 4.24. The standard InChI is InChI=1S/C14H16N2O2S.ClH/c15-13-8-4-5-9-14(13)19(17,18)16-11-10-12-6-2-1-3-7-12;/h1-9,16H,10-11,15H2;1H. The van der Waals surface area contributed by atoms with Crippen LogP contribution in [0.5, 0.6) is 0 Å². The first-order chi connectivity index (χ1) is 9.09. The van der Waals surface area contributed by atoms with Crippen molar-refractivity contribution in [2.24, 2.45) is 0 Å². The largest absolute Gasteiger partial charge is 1.00 e. The van der Waals surface area contributed by atoms with Crippen LogP contribution >= 0.6 is 0 Å². The van der Waals surface area contributed by atoms with E-state index in [2.05, 4.69) is 10.5 Å². The van der Waals surface area contributed by atoms with Crippen molar-refractivity contribution in [1.29, 1.82) is 0 Å². The normalized spacial score (nSPS) is 10.8. The Bertz CT molecular complexity index is 645. The van der Waals surface area contributed by atoms with Gasteiger partial charge in [0.25, 0.3) is 0 Å². The van der Waals surface area contributed by atoms with Gasteiger partial charge in [0.1, 0.15) is 10.6 Å². The maximum Gasteiger partial charge on any atom is 0.246 e. The zero-order valence-corrected chi connectivity index (χ0v) is 12.5. The number of rotatable bonds is 5. The molecular formula is C14H17ClN2O2S. The fraction of sp³-hybridized carbons (Fsp3) is 0.143. The lowest BCUT2D eigenvalue weighted by molar-refractivity contribution is -0.258. The van der Waals surface area contributed by atoms with Crippen molar-refractivity contribution >= 4 is 15.7 Å². The Balaban J connectivity index is 0.00000200. The Kier molecular flexibility index (Phi) is 6.16. The van der Waals surface area contributed by atoms with E-state index >= 15 is 0 Å². The first-order valence-electron chi connectivity index (χ1n) is 6.04. The summed E-state index contributed by atoms with van der Waals surface area (Å²) in [5.74, 6) is 0. The van der Waals surface area contributed by atoms with E-state index in [1.165, 1.54) is 0 Å². The summed E-state index contributed by atoms with van der Waals surface area (Å²) in [6.45, 7) is 0.376. The van der Waals surface area contributed by atoms with Crippen LogP contribution in [0.2, 0.25) is 0 Å². The minimum Gasteiger partial charge on any atom is -1.00 e. The molecular weight excluding hydrogens is 296 g/mol. The summed E-state index contributed by atoms with van der Waals surface area (Å²) in [5, 5.41) is 0. The molecule has 0 aliphatic carbocycles. The summed E-state index contributed by atoms with van der Waals surface area (Å²) < 4.78 is 26.8. The highest BCUT2D eigenvalue weighted by Gasteiger charge is 2.17. The molecule has 0 radical (unpaired) electrons. The van der Waals surface area contributed by atoms with Gasteiger partial charge in [0.05, 0.1) is 0 Å². The molecule has 0 aliphatic heterocycles. The number of halogens is 1. The lowest BCUT2D eigenvalue weighted by atomic mass is 10.2. The third-order valence-corrected chi connectivity index (χ3v) is 4.37. The molecule has 0 unspecified atom stereocenters. The molecule has 4 nitrogen and oxygen atoms in total. The number of benzene rings is 2. The number of quaternary nitrogens is 1. The number of nitrogens with one attached hydrogen (secondary N) is 1. The predicted molar refractivity (Wildman–Crippen MR) is 74.3 cm³/mol. The Hall–Kier alpha value is -1.40. The summed E-state index contributed by atoms with van der Waals surface area (Å²) in [4.78, 5) is 0.239. The predicted octanol–water partition coefficient (Wildman–Crippen LogP) is -1.91. The van der Waals surface area contributed by atoms with Gasteiger partial charge in [0.2, 0.25) is 10.0 Å². The van der Waals surface area contributed by atoms with Crippen LogP contribution in [-0.4, -0.2) is 15.0 Å². The van der Waals surface area contributed by atoms with Crippen molar-refractivity contribution in [3.63, 3.8) is 0 Å². The minimum atomic E-state index is -3.47. The van der Waals surface area contributed by atoms with E-state index in [9.17, 15) is 8.42 Å². The van der Waals surface area contributed by atoms with E-state index in [0.717, 1.165) is 5.56 Å². The molecule has 0 saturated heterocycles. The van der Waals surface area contributed by atoms with Gasteiger partial charge in [-0.2, -0.15) is 0 Å². The van der Waals surface area contributed by atoms with Gasteiger partial charge in [0.15, 0.2) is 0 Å². The summed E-state index contributed by atoms with van der Waals surface area (Å²) in [5.41, 5.74) is 5.35. The van der Waals surface area contributed by atoms with Crippen molar-refractivity contribution in [2.45, 2.75) is 11.3 Å². The van der Waals surface area contributed by atoms with Crippen molar-refractivity contribution in [2.75, 3.05) is 6.54 Å². The molecule has 0 bridgehead atoms. The minimum absolute atomic E-state index is 0. The number of hydrogen-bond donors (Lipinski definition) is 2. The van der Waals surface area contributed by atoms with Gasteiger partial charge in [0, 0.05) is 12.6 Å². The zero-order valence-electron chi connectivity index (χ0n) is 10.9. The quantitative estimate of drug-likeness (QED) is 0.676. The van der Waals surface area contributed by atoms with Crippen molar-refractivity contribution in [3.05, 3.63) is 60.2 Å². The van der Waals surface area contributed by atoms with Crippen LogP contribution in [0, 0.1) is 0 Å². The molecule has 4 N–H and O–H groups in total. The Morgan fingerprint density at radius 2 is 1.55 bits per heavy atom. The molecule has 0 fully saturated rings. The lowest BCUT2D eigenvalue weighted by Crippen LogP contribution is -3.00. The van der Waals surface area contributed by atoms with Gasteiger partial charge < -0.3 is 18.1 Å². The third kappa shape index (κ3) is 4.31. The maximum atomic E-state index is 12.1. The monoisotopic (exact) mass is 312 g/mol. The van der Waals surface area contributed by atoms with Crippen molar-refractivity contribution in [3.8, 4) is 0 Å². The lowest BCUT2D eigenvalue weighted by Gasteiger charge is -2.07. The summed E-state index contributed by atoms with van der Waals surface area (Å²) in [6, 6.07) is 16.5. The van der Waals surface area contributed by atoms with Crippen molar-refractivity contribution < 1.29 is 26.6 Å². The van der Waals surface area contributed by atoms with Crippen LogP contribution in [0.25, 0.3) is 0 Å². The van der Waals surface area contributed by atoms with Crippen LogP contribution in [0.3, 0.4) is 0 Å². The highest BCUT2D eigenvalue weighted by Crippen LogP contribution is 2.15. The molecule has 0 heterocycles. The first kappa shape index (κ1) is 16.7. The van der Waals surface area contributed by atoms with E-state index in [1.54, 1.807) is 24.3 Å². The van der Waals surface area contributed by atoms with Gasteiger partial charge in [-0.1, -0.05) is 42.5 Å². The second-order valence-corrected chi connectivity index (χ2v) is 5.98. The van der Waals surface area contributed by atoms with Crippen LogP contribution < -0.4 is 22.9 Å². The van der Waals surface area contributed by atoms with Gasteiger partial charge in [-0.15, -0.1) is 0 Å². The van der Waals surface area contributed by atoms with E-state index in [-0.39, 0.29) is 17.3 Å². The Morgan fingerprint density at radius 3 is 2.20 bits per heavy atom. The van der Waals surface area contributed by atoms with Crippen molar-refractivity contribution in [1.82, 2.24) is 4.72 Å². The second kappa shape index (κ2) is 7.40. The van der Waals surface area contributed by atoms with Crippen LogP contribution in [0.1, 0.15) is 5.56 Å². The summed E-state index contributed by atoms with van der Waals surface area (Å²) >= 11 is 0.